The van der Waals surface area contributed by atoms with Crippen molar-refractivity contribution >= 4 is 29.2 Å². The number of aromatic nitrogens is 4. The number of thioether (sulfide) groups is 1. The minimum atomic E-state index is -0.104. The van der Waals surface area contributed by atoms with Gasteiger partial charge in [0, 0.05) is 41.5 Å². The Morgan fingerprint density at radius 1 is 1.09 bits per heavy atom. The number of amides is 1. The molecule has 3 aromatic rings. The maximum atomic E-state index is 13.1. The van der Waals surface area contributed by atoms with E-state index in [1.807, 2.05) is 25.0 Å². The van der Waals surface area contributed by atoms with Crippen LogP contribution in [0.1, 0.15) is 40.2 Å². The van der Waals surface area contributed by atoms with Crippen LogP contribution in [-0.4, -0.2) is 68.7 Å². The van der Waals surface area contributed by atoms with Gasteiger partial charge < -0.3 is 14.4 Å². The molecule has 0 unspecified atom stereocenters. The molecular weight excluding hydrogens is 454 g/mol. The Morgan fingerprint density at radius 3 is 2.56 bits per heavy atom. The summed E-state index contributed by atoms with van der Waals surface area (Å²) in [5, 5.41) is 5.12. The second kappa shape index (κ2) is 9.25. The molecule has 1 fully saturated rings. The molecule has 34 heavy (non-hydrogen) atoms. The minimum absolute atomic E-state index is 0.0442. The summed E-state index contributed by atoms with van der Waals surface area (Å²) in [6, 6.07) is 5.37. The Bertz CT molecular complexity index is 1270. The van der Waals surface area contributed by atoms with Crippen molar-refractivity contribution in [2.45, 2.75) is 38.3 Å². The standard InChI is InChI=1S/C24H27N5O4S/c1-14-18(15(2)29-23(25-14)26-24(27-29)34-3)13-21(30)28-8-6-16(7-9-28)22(31)17-4-5-19-20(12-17)33-11-10-32-19/h4-5,12,16H,6-11,13H2,1-3H3. The lowest BCUT2D eigenvalue weighted by Crippen LogP contribution is -2.41. The molecule has 4 heterocycles. The van der Waals surface area contributed by atoms with Crippen molar-refractivity contribution in [3.05, 3.63) is 40.7 Å². The van der Waals surface area contributed by atoms with Gasteiger partial charge in [0.15, 0.2) is 17.3 Å². The number of hydrogen-bond donors (Lipinski definition) is 0. The van der Waals surface area contributed by atoms with Gasteiger partial charge in [0.25, 0.3) is 5.78 Å². The highest BCUT2D eigenvalue weighted by Crippen LogP contribution is 2.32. The van der Waals surface area contributed by atoms with E-state index in [2.05, 4.69) is 15.1 Å². The van der Waals surface area contributed by atoms with Crippen LogP contribution in [-0.2, 0) is 11.2 Å². The average molecular weight is 482 g/mol. The average Bonchev–Trinajstić information content (AvgIpc) is 3.29. The Balaban J connectivity index is 1.24. The molecule has 1 amide bonds. The number of benzene rings is 1. The van der Waals surface area contributed by atoms with Crippen molar-refractivity contribution in [2.75, 3.05) is 32.6 Å². The molecule has 2 aliphatic rings. The molecule has 0 N–H and O–H groups in total. The first-order valence-corrected chi connectivity index (χ1v) is 12.7. The largest absolute Gasteiger partial charge is 0.486 e. The molecule has 5 rings (SSSR count). The third-order valence-electron chi connectivity index (χ3n) is 6.59. The normalized spacial score (nSPS) is 16.1. The molecule has 2 aliphatic heterocycles. The molecule has 0 aliphatic carbocycles. The van der Waals surface area contributed by atoms with Gasteiger partial charge in [-0.2, -0.15) is 4.98 Å². The summed E-state index contributed by atoms with van der Waals surface area (Å²) in [5.41, 5.74) is 3.19. The number of fused-ring (bicyclic) bond motifs is 2. The SMILES string of the molecule is CSc1nc2nc(C)c(CC(=O)N3CCC(C(=O)c4ccc5c(c4)OCCO5)CC3)c(C)n2n1. The van der Waals surface area contributed by atoms with Gasteiger partial charge in [-0.3, -0.25) is 9.59 Å². The summed E-state index contributed by atoms with van der Waals surface area (Å²) >= 11 is 1.46. The summed E-state index contributed by atoms with van der Waals surface area (Å²) in [6.07, 6.45) is 3.47. The number of rotatable bonds is 5. The van der Waals surface area contributed by atoms with E-state index in [1.54, 1.807) is 22.7 Å². The smallest absolute Gasteiger partial charge is 0.253 e. The van der Waals surface area contributed by atoms with E-state index in [1.165, 1.54) is 11.8 Å². The number of aryl methyl sites for hydroxylation is 2. The fourth-order valence-corrected chi connectivity index (χ4v) is 4.95. The third kappa shape index (κ3) is 4.22. The third-order valence-corrected chi connectivity index (χ3v) is 7.12. The fourth-order valence-electron chi connectivity index (χ4n) is 4.62. The molecule has 10 heteroatoms. The van der Waals surface area contributed by atoms with Crippen molar-refractivity contribution in [2.24, 2.45) is 5.92 Å². The van der Waals surface area contributed by atoms with Crippen LogP contribution in [0.3, 0.4) is 0 Å². The number of Topliss-reactive ketones (excluding diaryl/α,β-unsaturated/α-hetero) is 1. The van der Waals surface area contributed by atoms with E-state index in [4.69, 9.17) is 9.47 Å². The molecular formula is C24H27N5O4S. The number of ether oxygens (including phenoxy) is 2. The molecule has 0 spiro atoms. The summed E-state index contributed by atoms with van der Waals surface area (Å²) in [5.74, 6) is 1.89. The van der Waals surface area contributed by atoms with Crippen molar-refractivity contribution in [1.29, 1.82) is 0 Å². The molecule has 0 saturated carbocycles. The van der Waals surface area contributed by atoms with Gasteiger partial charge >= 0.3 is 0 Å². The Labute approximate surface area is 201 Å². The van der Waals surface area contributed by atoms with Crippen LogP contribution in [0.25, 0.3) is 5.78 Å². The summed E-state index contributed by atoms with van der Waals surface area (Å²) in [6.45, 7) is 5.99. The Morgan fingerprint density at radius 2 is 1.82 bits per heavy atom. The summed E-state index contributed by atoms with van der Waals surface area (Å²) in [7, 11) is 0. The van der Waals surface area contributed by atoms with E-state index in [0.717, 1.165) is 17.0 Å². The van der Waals surface area contributed by atoms with Gasteiger partial charge in [0.2, 0.25) is 11.1 Å². The highest BCUT2D eigenvalue weighted by atomic mass is 32.2. The monoisotopic (exact) mass is 481 g/mol. The number of carbonyl (C=O) groups is 2. The maximum Gasteiger partial charge on any atom is 0.253 e. The van der Waals surface area contributed by atoms with Crippen LogP contribution in [0.4, 0.5) is 0 Å². The van der Waals surface area contributed by atoms with Crippen molar-refractivity contribution in [3.8, 4) is 11.5 Å². The molecule has 0 bridgehead atoms. The predicted molar refractivity (Wildman–Crippen MR) is 127 cm³/mol. The van der Waals surface area contributed by atoms with Gasteiger partial charge in [0.05, 0.1) is 6.42 Å². The van der Waals surface area contributed by atoms with Crippen LogP contribution in [0.5, 0.6) is 11.5 Å². The molecule has 9 nitrogen and oxygen atoms in total. The fraction of sp³-hybridized carbons (Fsp3) is 0.458. The molecule has 1 aromatic carbocycles. The van der Waals surface area contributed by atoms with Gasteiger partial charge in [-0.15, -0.1) is 5.10 Å². The van der Waals surface area contributed by atoms with Crippen molar-refractivity contribution < 1.29 is 19.1 Å². The molecule has 0 radical (unpaired) electrons. The van der Waals surface area contributed by atoms with Crippen LogP contribution < -0.4 is 9.47 Å². The second-order valence-electron chi connectivity index (χ2n) is 8.63. The quantitative estimate of drug-likeness (QED) is 0.405. The highest BCUT2D eigenvalue weighted by molar-refractivity contribution is 7.98. The van der Waals surface area contributed by atoms with Crippen molar-refractivity contribution in [3.63, 3.8) is 0 Å². The first kappa shape index (κ1) is 22.6. The highest BCUT2D eigenvalue weighted by Gasteiger charge is 2.29. The molecule has 178 valence electrons. The van der Waals surface area contributed by atoms with Crippen LogP contribution in [0.15, 0.2) is 23.4 Å². The van der Waals surface area contributed by atoms with E-state index in [0.29, 0.717) is 67.1 Å². The lowest BCUT2D eigenvalue weighted by atomic mass is 9.88. The second-order valence-corrected chi connectivity index (χ2v) is 9.40. The number of nitrogens with zero attached hydrogens (tertiary/aromatic N) is 5. The lowest BCUT2D eigenvalue weighted by molar-refractivity contribution is -0.131. The molecule has 2 aromatic heterocycles. The van der Waals surface area contributed by atoms with Crippen LogP contribution >= 0.6 is 11.8 Å². The predicted octanol–water partition coefficient (Wildman–Crippen LogP) is 2.90. The van der Waals surface area contributed by atoms with E-state index in [9.17, 15) is 9.59 Å². The van der Waals surface area contributed by atoms with Gasteiger partial charge in [-0.25, -0.2) is 9.50 Å². The van der Waals surface area contributed by atoms with Crippen LogP contribution in [0.2, 0.25) is 0 Å². The topological polar surface area (TPSA) is 98.9 Å². The zero-order valence-electron chi connectivity index (χ0n) is 19.5. The lowest BCUT2D eigenvalue weighted by Gasteiger charge is -2.32. The Hall–Kier alpha value is -3.14. The Kier molecular flexibility index (Phi) is 6.16. The maximum absolute atomic E-state index is 13.1. The molecule has 0 atom stereocenters. The van der Waals surface area contributed by atoms with E-state index < -0.39 is 0 Å². The molecule has 1 saturated heterocycles. The summed E-state index contributed by atoms with van der Waals surface area (Å²) < 4.78 is 12.9. The number of ketones is 1. The van der Waals surface area contributed by atoms with Gasteiger partial charge in [-0.05, 0) is 51.1 Å². The summed E-state index contributed by atoms with van der Waals surface area (Å²) in [4.78, 5) is 37.0. The van der Waals surface area contributed by atoms with E-state index >= 15 is 0 Å². The van der Waals surface area contributed by atoms with E-state index in [-0.39, 0.29) is 24.0 Å². The van der Waals surface area contributed by atoms with Gasteiger partial charge in [-0.1, -0.05) is 11.8 Å². The minimum Gasteiger partial charge on any atom is -0.486 e. The number of likely N-dealkylation sites (tertiary alicyclic amines) is 1. The zero-order valence-corrected chi connectivity index (χ0v) is 20.4. The van der Waals surface area contributed by atoms with Gasteiger partial charge in [0.1, 0.15) is 13.2 Å². The number of hydrogen-bond acceptors (Lipinski definition) is 8. The number of piperidine rings is 1. The van der Waals surface area contributed by atoms with Crippen LogP contribution in [0, 0.1) is 19.8 Å². The van der Waals surface area contributed by atoms with Crippen molar-refractivity contribution in [1.82, 2.24) is 24.5 Å². The first-order valence-electron chi connectivity index (χ1n) is 11.4. The zero-order chi connectivity index (χ0) is 23.8. The number of carbonyl (C=O) groups excluding carboxylic acids is 2. The first-order chi connectivity index (χ1) is 16.4.